The van der Waals surface area contributed by atoms with E-state index in [2.05, 4.69) is 4.90 Å². The van der Waals surface area contributed by atoms with E-state index in [9.17, 15) is 4.39 Å². The van der Waals surface area contributed by atoms with E-state index < -0.39 is 0 Å². The fourth-order valence-electron chi connectivity index (χ4n) is 2.80. The summed E-state index contributed by atoms with van der Waals surface area (Å²) in [5.74, 6) is 0.876. The largest absolute Gasteiger partial charge is 0.496 e. The topological polar surface area (TPSA) is 38.5 Å². The van der Waals surface area contributed by atoms with E-state index in [1.165, 1.54) is 6.07 Å². The van der Waals surface area contributed by atoms with Gasteiger partial charge in [-0.05, 0) is 44.5 Å². The molecule has 2 atom stereocenters. The minimum absolute atomic E-state index is 0.128. The molecule has 0 spiro atoms. The molecule has 1 aromatic carbocycles. The van der Waals surface area contributed by atoms with Gasteiger partial charge >= 0.3 is 0 Å². The van der Waals surface area contributed by atoms with E-state index in [0.29, 0.717) is 18.2 Å². The Hall–Kier alpha value is -1.13. The van der Waals surface area contributed by atoms with Crippen LogP contribution in [0.15, 0.2) is 12.1 Å². The van der Waals surface area contributed by atoms with E-state index in [1.807, 2.05) is 20.0 Å². The predicted octanol–water partition coefficient (Wildman–Crippen LogP) is 2.09. The van der Waals surface area contributed by atoms with Crippen molar-refractivity contribution >= 4 is 0 Å². The van der Waals surface area contributed by atoms with Crippen LogP contribution >= 0.6 is 0 Å². The highest BCUT2D eigenvalue weighted by atomic mass is 19.1. The lowest BCUT2D eigenvalue weighted by atomic mass is 9.97. The van der Waals surface area contributed by atoms with Gasteiger partial charge in [-0.3, -0.25) is 4.90 Å². The normalized spacial score (nSPS) is 24.5. The lowest BCUT2D eigenvalue weighted by Gasteiger charge is -2.21. The number of rotatable bonds is 3. The van der Waals surface area contributed by atoms with Crippen molar-refractivity contribution in [3.8, 4) is 5.75 Å². The lowest BCUT2D eigenvalue weighted by molar-refractivity contribution is 0.306. The van der Waals surface area contributed by atoms with Crippen LogP contribution in [0.3, 0.4) is 0 Å². The van der Waals surface area contributed by atoms with Crippen LogP contribution in [0.5, 0.6) is 5.75 Å². The summed E-state index contributed by atoms with van der Waals surface area (Å²) in [5, 5.41) is 0. The maximum atomic E-state index is 14.1. The number of ether oxygens (including phenoxy) is 1. The monoisotopic (exact) mass is 252 g/mol. The van der Waals surface area contributed by atoms with Crippen molar-refractivity contribution in [3.63, 3.8) is 0 Å². The fourth-order valence-corrected chi connectivity index (χ4v) is 2.80. The van der Waals surface area contributed by atoms with Crippen LogP contribution in [-0.4, -0.2) is 32.1 Å². The summed E-state index contributed by atoms with van der Waals surface area (Å²) in [5.41, 5.74) is 7.44. The molecule has 1 aliphatic rings. The summed E-state index contributed by atoms with van der Waals surface area (Å²) >= 11 is 0. The number of methoxy groups -OCH3 is 1. The average molecular weight is 252 g/mol. The highest BCUT2D eigenvalue weighted by Gasteiger charge is 2.31. The lowest BCUT2D eigenvalue weighted by Crippen LogP contribution is -2.21. The van der Waals surface area contributed by atoms with Crippen molar-refractivity contribution in [1.29, 1.82) is 0 Å². The number of aryl methyl sites for hydroxylation is 1. The van der Waals surface area contributed by atoms with E-state index >= 15 is 0 Å². The highest BCUT2D eigenvalue weighted by Crippen LogP contribution is 2.36. The molecule has 0 radical (unpaired) electrons. The molecule has 2 unspecified atom stereocenters. The van der Waals surface area contributed by atoms with Gasteiger partial charge in [-0.2, -0.15) is 0 Å². The Bertz CT molecular complexity index is 436. The molecule has 0 amide bonds. The van der Waals surface area contributed by atoms with Crippen LogP contribution in [0.4, 0.5) is 4.39 Å². The first kappa shape index (κ1) is 13.3. The summed E-state index contributed by atoms with van der Waals surface area (Å²) in [4.78, 5) is 2.18. The van der Waals surface area contributed by atoms with Crippen molar-refractivity contribution in [2.75, 3.05) is 27.2 Å². The van der Waals surface area contributed by atoms with E-state index in [4.69, 9.17) is 10.5 Å². The Morgan fingerprint density at radius 3 is 2.78 bits per heavy atom. The second kappa shape index (κ2) is 5.24. The smallest absolute Gasteiger partial charge is 0.131 e. The first-order valence-corrected chi connectivity index (χ1v) is 6.31. The average Bonchev–Trinajstić information content (AvgIpc) is 2.73. The molecule has 18 heavy (non-hydrogen) atoms. The van der Waals surface area contributed by atoms with Crippen LogP contribution in [0, 0.1) is 18.7 Å². The van der Waals surface area contributed by atoms with Gasteiger partial charge in [0.05, 0.1) is 7.11 Å². The summed E-state index contributed by atoms with van der Waals surface area (Å²) in [6.45, 7) is 3.54. The van der Waals surface area contributed by atoms with Crippen LogP contribution in [0.1, 0.15) is 23.6 Å². The Balaban J connectivity index is 2.31. The van der Waals surface area contributed by atoms with E-state index in [0.717, 1.165) is 24.1 Å². The van der Waals surface area contributed by atoms with Gasteiger partial charge in [-0.15, -0.1) is 0 Å². The van der Waals surface area contributed by atoms with E-state index in [1.54, 1.807) is 7.11 Å². The Morgan fingerprint density at radius 1 is 1.50 bits per heavy atom. The summed E-state index contributed by atoms with van der Waals surface area (Å²) < 4.78 is 19.3. The van der Waals surface area contributed by atoms with Crippen LogP contribution in [0.2, 0.25) is 0 Å². The van der Waals surface area contributed by atoms with Gasteiger partial charge in [-0.1, -0.05) is 0 Å². The molecule has 1 aliphatic heterocycles. The van der Waals surface area contributed by atoms with E-state index in [-0.39, 0.29) is 11.9 Å². The maximum Gasteiger partial charge on any atom is 0.131 e. The molecule has 1 heterocycles. The number of halogens is 1. The molecule has 100 valence electrons. The molecule has 4 heteroatoms. The molecule has 0 saturated carbocycles. The predicted molar refractivity (Wildman–Crippen MR) is 70.2 cm³/mol. The third-order valence-corrected chi connectivity index (χ3v) is 3.84. The molecule has 0 bridgehead atoms. The molecule has 2 rings (SSSR count). The van der Waals surface area contributed by atoms with Crippen LogP contribution < -0.4 is 10.5 Å². The minimum atomic E-state index is -0.188. The van der Waals surface area contributed by atoms with Crippen molar-refractivity contribution in [3.05, 3.63) is 29.1 Å². The second-order valence-electron chi connectivity index (χ2n) is 5.14. The van der Waals surface area contributed by atoms with Crippen molar-refractivity contribution in [2.45, 2.75) is 19.4 Å². The SMILES string of the molecule is COc1cc(F)c(C2CC(CN)CN2C)cc1C. The Labute approximate surface area is 108 Å². The van der Waals surface area contributed by atoms with Gasteiger partial charge in [0, 0.05) is 24.2 Å². The Kier molecular flexibility index (Phi) is 3.88. The number of benzene rings is 1. The quantitative estimate of drug-likeness (QED) is 0.895. The zero-order valence-electron chi connectivity index (χ0n) is 11.2. The van der Waals surface area contributed by atoms with Crippen molar-refractivity contribution in [2.24, 2.45) is 11.7 Å². The summed E-state index contributed by atoms with van der Waals surface area (Å²) in [6, 6.07) is 3.51. The standard InChI is InChI=1S/C14H21FN2O/c1-9-4-11(12(15)6-14(9)18-3)13-5-10(7-16)8-17(13)2/h4,6,10,13H,5,7-8,16H2,1-3H3. The third-order valence-electron chi connectivity index (χ3n) is 3.84. The highest BCUT2D eigenvalue weighted by molar-refractivity contribution is 5.39. The zero-order chi connectivity index (χ0) is 13.3. The van der Waals surface area contributed by atoms with Crippen LogP contribution in [-0.2, 0) is 0 Å². The molecule has 0 aromatic heterocycles. The number of nitrogens with zero attached hydrogens (tertiary/aromatic N) is 1. The van der Waals surface area contributed by atoms with Gasteiger partial charge < -0.3 is 10.5 Å². The van der Waals surface area contributed by atoms with Gasteiger partial charge in [-0.25, -0.2) is 4.39 Å². The first-order chi connectivity index (χ1) is 8.56. The third kappa shape index (κ3) is 2.35. The summed E-state index contributed by atoms with van der Waals surface area (Å²) in [7, 11) is 3.59. The van der Waals surface area contributed by atoms with Gasteiger partial charge in [0.1, 0.15) is 11.6 Å². The minimum Gasteiger partial charge on any atom is -0.496 e. The number of hydrogen-bond donors (Lipinski definition) is 1. The maximum absolute atomic E-state index is 14.1. The Morgan fingerprint density at radius 2 is 2.22 bits per heavy atom. The molecule has 3 nitrogen and oxygen atoms in total. The molecule has 1 saturated heterocycles. The fraction of sp³-hybridized carbons (Fsp3) is 0.571. The van der Waals surface area contributed by atoms with Gasteiger partial charge in [0.25, 0.3) is 0 Å². The number of hydrogen-bond acceptors (Lipinski definition) is 3. The number of likely N-dealkylation sites (tertiary alicyclic amines) is 1. The molecule has 1 aromatic rings. The van der Waals surface area contributed by atoms with Gasteiger partial charge in [0.2, 0.25) is 0 Å². The molecule has 1 fully saturated rings. The van der Waals surface area contributed by atoms with Crippen molar-refractivity contribution < 1.29 is 9.13 Å². The number of nitrogens with two attached hydrogens (primary N) is 1. The second-order valence-corrected chi connectivity index (χ2v) is 5.14. The molecular formula is C14H21FN2O. The van der Waals surface area contributed by atoms with Crippen LogP contribution in [0.25, 0.3) is 0 Å². The summed E-state index contributed by atoms with van der Waals surface area (Å²) in [6.07, 6.45) is 0.926. The molecular weight excluding hydrogens is 231 g/mol. The molecule has 0 aliphatic carbocycles. The van der Waals surface area contributed by atoms with Gasteiger partial charge in [0.15, 0.2) is 0 Å². The zero-order valence-corrected chi connectivity index (χ0v) is 11.2. The van der Waals surface area contributed by atoms with Crippen molar-refractivity contribution in [1.82, 2.24) is 4.90 Å². The molecule has 2 N–H and O–H groups in total. The first-order valence-electron chi connectivity index (χ1n) is 6.31.